The molecule has 0 saturated carbocycles. The number of ether oxygens (including phenoxy) is 3. The molecule has 0 amide bonds. The summed E-state index contributed by atoms with van der Waals surface area (Å²) in [4.78, 5) is 0. The van der Waals surface area contributed by atoms with Crippen molar-refractivity contribution in [2.24, 2.45) is 7.05 Å². The molecule has 1 aliphatic rings. The summed E-state index contributed by atoms with van der Waals surface area (Å²) >= 11 is 0. The lowest BCUT2D eigenvalue weighted by Gasteiger charge is -2.17. The third-order valence-electron chi connectivity index (χ3n) is 4.34. The summed E-state index contributed by atoms with van der Waals surface area (Å²) in [5, 5.41) is 7.95. The van der Waals surface area contributed by atoms with Crippen molar-refractivity contribution < 1.29 is 14.2 Å². The van der Waals surface area contributed by atoms with Crippen molar-refractivity contribution >= 4 is 0 Å². The molecule has 0 spiro atoms. The predicted octanol–water partition coefficient (Wildman–Crippen LogP) is 2.75. The van der Waals surface area contributed by atoms with Crippen molar-refractivity contribution in [3.8, 4) is 17.4 Å². The molecule has 2 heterocycles. The zero-order valence-electron chi connectivity index (χ0n) is 14.8. The van der Waals surface area contributed by atoms with Gasteiger partial charge in [-0.05, 0) is 31.5 Å². The lowest BCUT2D eigenvalue weighted by Crippen LogP contribution is -2.19. The summed E-state index contributed by atoms with van der Waals surface area (Å²) in [5.41, 5.74) is 3.23. The number of aryl methyl sites for hydroxylation is 2. The molecule has 6 nitrogen and oxygen atoms in total. The van der Waals surface area contributed by atoms with Gasteiger partial charge in [0.1, 0.15) is 0 Å². The first-order valence-corrected chi connectivity index (χ1v) is 8.29. The van der Waals surface area contributed by atoms with Crippen LogP contribution < -0.4 is 19.5 Å². The van der Waals surface area contributed by atoms with Crippen LogP contribution in [0.25, 0.3) is 0 Å². The minimum Gasteiger partial charge on any atom is -0.490 e. The molecule has 0 bridgehead atoms. The molecule has 0 saturated heterocycles. The predicted molar refractivity (Wildman–Crippen MR) is 91.8 cm³/mol. The van der Waals surface area contributed by atoms with Gasteiger partial charge in [0.25, 0.3) is 0 Å². The molecule has 1 aromatic heterocycles. The second-order valence-electron chi connectivity index (χ2n) is 6.06. The molecule has 2 aromatic rings. The number of rotatable bonds is 5. The fourth-order valence-electron chi connectivity index (χ4n) is 2.96. The first kappa shape index (κ1) is 16.6. The Bertz CT molecular complexity index is 712. The van der Waals surface area contributed by atoms with Crippen molar-refractivity contribution in [2.75, 3.05) is 20.3 Å². The summed E-state index contributed by atoms with van der Waals surface area (Å²) in [5.74, 6) is 2.45. The van der Waals surface area contributed by atoms with E-state index in [2.05, 4.69) is 29.5 Å². The van der Waals surface area contributed by atoms with Gasteiger partial charge >= 0.3 is 0 Å². The number of hydrogen-bond acceptors (Lipinski definition) is 5. The number of fused-ring (bicyclic) bond motifs is 1. The van der Waals surface area contributed by atoms with Crippen LogP contribution in [0.4, 0.5) is 0 Å². The van der Waals surface area contributed by atoms with E-state index in [1.54, 1.807) is 11.8 Å². The Morgan fingerprint density at radius 1 is 1.29 bits per heavy atom. The number of aromatic nitrogens is 2. The van der Waals surface area contributed by atoms with E-state index >= 15 is 0 Å². The van der Waals surface area contributed by atoms with Crippen molar-refractivity contribution in [3.63, 3.8) is 0 Å². The Morgan fingerprint density at radius 3 is 2.79 bits per heavy atom. The summed E-state index contributed by atoms with van der Waals surface area (Å²) in [7, 11) is 3.57. The van der Waals surface area contributed by atoms with Gasteiger partial charge < -0.3 is 19.5 Å². The van der Waals surface area contributed by atoms with Crippen LogP contribution in [0.1, 0.15) is 36.2 Å². The van der Waals surface area contributed by atoms with E-state index in [9.17, 15) is 0 Å². The third kappa shape index (κ3) is 3.33. The van der Waals surface area contributed by atoms with Crippen LogP contribution in [-0.2, 0) is 13.6 Å². The zero-order chi connectivity index (χ0) is 17.1. The Balaban J connectivity index is 1.71. The number of hydrogen-bond donors (Lipinski definition) is 1. The fourth-order valence-corrected chi connectivity index (χ4v) is 2.96. The van der Waals surface area contributed by atoms with Crippen LogP contribution in [-0.4, -0.2) is 30.1 Å². The van der Waals surface area contributed by atoms with E-state index in [-0.39, 0.29) is 6.04 Å². The fraction of sp³-hybridized carbons (Fsp3) is 0.500. The van der Waals surface area contributed by atoms with Gasteiger partial charge in [0.2, 0.25) is 5.88 Å². The highest BCUT2D eigenvalue weighted by atomic mass is 16.5. The van der Waals surface area contributed by atoms with Crippen molar-refractivity contribution in [1.82, 2.24) is 15.1 Å². The maximum absolute atomic E-state index is 5.77. The van der Waals surface area contributed by atoms with E-state index in [1.807, 2.05) is 20.0 Å². The second-order valence-corrected chi connectivity index (χ2v) is 6.06. The molecular formula is C18H25N3O3. The highest BCUT2D eigenvalue weighted by Gasteiger charge is 2.17. The average molecular weight is 331 g/mol. The van der Waals surface area contributed by atoms with Crippen LogP contribution in [0.5, 0.6) is 17.4 Å². The van der Waals surface area contributed by atoms with Gasteiger partial charge in [-0.25, -0.2) is 4.68 Å². The quantitative estimate of drug-likeness (QED) is 0.913. The van der Waals surface area contributed by atoms with Crippen LogP contribution in [0, 0.1) is 6.92 Å². The van der Waals surface area contributed by atoms with E-state index < -0.39 is 0 Å². The maximum atomic E-state index is 5.77. The van der Waals surface area contributed by atoms with Gasteiger partial charge in [0, 0.05) is 26.1 Å². The molecule has 1 aromatic carbocycles. The van der Waals surface area contributed by atoms with Gasteiger partial charge in [0.05, 0.1) is 31.6 Å². The molecule has 0 aliphatic carbocycles. The minimum absolute atomic E-state index is 0.173. The molecule has 6 heteroatoms. The molecule has 24 heavy (non-hydrogen) atoms. The molecule has 1 unspecified atom stereocenters. The minimum atomic E-state index is 0.173. The van der Waals surface area contributed by atoms with Crippen molar-refractivity contribution in [2.45, 2.75) is 32.9 Å². The van der Waals surface area contributed by atoms with E-state index in [0.29, 0.717) is 19.8 Å². The Morgan fingerprint density at radius 2 is 2.04 bits per heavy atom. The first-order valence-electron chi connectivity index (χ1n) is 8.29. The smallest absolute Gasteiger partial charge is 0.216 e. The van der Waals surface area contributed by atoms with Crippen molar-refractivity contribution in [1.29, 1.82) is 0 Å². The highest BCUT2D eigenvalue weighted by molar-refractivity contribution is 5.44. The van der Waals surface area contributed by atoms with Gasteiger partial charge in [-0.1, -0.05) is 6.07 Å². The number of nitrogens with zero attached hydrogens (tertiary/aromatic N) is 2. The Labute approximate surface area is 142 Å². The molecule has 130 valence electrons. The van der Waals surface area contributed by atoms with Crippen LogP contribution >= 0.6 is 0 Å². The lowest BCUT2D eigenvalue weighted by atomic mass is 10.1. The third-order valence-corrected chi connectivity index (χ3v) is 4.34. The summed E-state index contributed by atoms with van der Waals surface area (Å²) < 4.78 is 18.7. The molecule has 3 rings (SSSR count). The van der Waals surface area contributed by atoms with Gasteiger partial charge in [-0.3, -0.25) is 0 Å². The van der Waals surface area contributed by atoms with E-state index in [1.165, 1.54) is 5.56 Å². The molecule has 1 N–H and O–H groups in total. The van der Waals surface area contributed by atoms with Gasteiger partial charge in [-0.2, -0.15) is 5.10 Å². The Kier molecular flexibility index (Phi) is 4.94. The molecular weight excluding hydrogens is 306 g/mol. The van der Waals surface area contributed by atoms with E-state index in [4.69, 9.17) is 14.2 Å². The summed E-state index contributed by atoms with van der Waals surface area (Å²) in [6.45, 7) is 6.23. The van der Waals surface area contributed by atoms with E-state index in [0.717, 1.165) is 35.1 Å². The molecule has 0 radical (unpaired) electrons. The maximum Gasteiger partial charge on any atom is 0.216 e. The van der Waals surface area contributed by atoms with Crippen LogP contribution in [0.2, 0.25) is 0 Å². The SMILES string of the molecule is COc1c(CNC(C)c2ccc3c(c2)OCCCO3)c(C)nn1C. The van der Waals surface area contributed by atoms with Crippen LogP contribution in [0.15, 0.2) is 18.2 Å². The second kappa shape index (κ2) is 7.13. The zero-order valence-corrected chi connectivity index (χ0v) is 14.8. The number of nitrogens with one attached hydrogen (secondary N) is 1. The largest absolute Gasteiger partial charge is 0.490 e. The number of benzene rings is 1. The lowest BCUT2D eigenvalue weighted by molar-refractivity contribution is 0.297. The average Bonchev–Trinajstić information content (AvgIpc) is 2.75. The highest BCUT2D eigenvalue weighted by Crippen LogP contribution is 2.32. The molecule has 1 atom stereocenters. The molecule has 1 aliphatic heterocycles. The first-order chi connectivity index (χ1) is 11.6. The topological polar surface area (TPSA) is 57.5 Å². The monoisotopic (exact) mass is 331 g/mol. The van der Waals surface area contributed by atoms with Gasteiger partial charge in [-0.15, -0.1) is 0 Å². The van der Waals surface area contributed by atoms with Crippen LogP contribution in [0.3, 0.4) is 0 Å². The standard InChI is InChI=1S/C18H25N3O3/c1-12(19-11-15-13(2)20-21(3)18(15)22-4)14-6-7-16-17(10-14)24-9-5-8-23-16/h6-7,10,12,19H,5,8-9,11H2,1-4H3. The molecule has 0 fully saturated rings. The summed E-state index contributed by atoms with van der Waals surface area (Å²) in [6, 6.07) is 6.31. The summed E-state index contributed by atoms with van der Waals surface area (Å²) in [6.07, 6.45) is 0.915. The number of methoxy groups -OCH3 is 1. The van der Waals surface area contributed by atoms with Crippen molar-refractivity contribution in [3.05, 3.63) is 35.0 Å². The normalized spacial score (nSPS) is 15.0. The van der Waals surface area contributed by atoms with Gasteiger partial charge in [0.15, 0.2) is 11.5 Å². The Hall–Kier alpha value is -2.21.